The predicted octanol–water partition coefficient (Wildman–Crippen LogP) is 4.05. The fourth-order valence-corrected chi connectivity index (χ4v) is 4.28. The lowest BCUT2D eigenvalue weighted by Gasteiger charge is -2.21. The Hall–Kier alpha value is -2.21. The summed E-state index contributed by atoms with van der Waals surface area (Å²) in [6, 6.07) is 13.8. The van der Waals surface area contributed by atoms with E-state index in [0.717, 1.165) is 18.7 Å². The van der Waals surface area contributed by atoms with Crippen molar-refractivity contribution in [1.82, 2.24) is 9.80 Å². The van der Waals surface area contributed by atoms with Gasteiger partial charge >= 0.3 is 0 Å². The number of benzene rings is 1. The average Bonchev–Trinajstić information content (AvgIpc) is 3.46. The van der Waals surface area contributed by atoms with Crippen LogP contribution in [0.2, 0.25) is 0 Å². The summed E-state index contributed by atoms with van der Waals surface area (Å²) in [7, 11) is 0. The van der Waals surface area contributed by atoms with E-state index in [9.17, 15) is 9.59 Å². The standard InChI is InChI=1S/C22H26N2O3S/c25-21(15-17-7-8-17)23-11-4-12-24(14-13-23)22(26)20-10-9-18(27-20)16-28-19-5-2-1-3-6-19/h1-3,5-6,9-10,17H,4,7-8,11-16H2. The highest BCUT2D eigenvalue weighted by Gasteiger charge is 2.29. The van der Waals surface area contributed by atoms with E-state index in [0.29, 0.717) is 43.5 Å². The number of amides is 2. The van der Waals surface area contributed by atoms with Gasteiger partial charge in [0.2, 0.25) is 5.91 Å². The van der Waals surface area contributed by atoms with E-state index in [2.05, 4.69) is 12.1 Å². The van der Waals surface area contributed by atoms with E-state index in [4.69, 9.17) is 4.42 Å². The van der Waals surface area contributed by atoms with Gasteiger partial charge in [-0.1, -0.05) is 18.2 Å². The minimum atomic E-state index is -0.0764. The number of hydrogen-bond donors (Lipinski definition) is 0. The minimum absolute atomic E-state index is 0.0764. The molecule has 2 aromatic rings. The zero-order valence-corrected chi connectivity index (χ0v) is 16.8. The molecule has 0 spiro atoms. The van der Waals surface area contributed by atoms with Gasteiger partial charge in [0.1, 0.15) is 5.76 Å². The van der Waals surface area contributed by atoms with Crippen LogP contribution < -0.4 is 0 Å². The molecule has 1 aromatic heterocycles. The molecule has 6 heteroatoms. The van der Waals surface area contributed by atoms with Crippen molar-refractivity contribution in [3.8, 4) is 0 Å². The van der Waals surface area contributed by atoms with Gasteiger partial charge in [-0.05, 0) is 49.4 Å². The molecule has 148 valence electrons. The van der Waals surface area contributed by atoms with Crippen LogP contribution in [0.5, 0.6) is 0 Å². The molecule has 2 aliphatic rings. The predicted molar refractivity (Wildman–Crippen MR) is 109 cm³/mol. The maximum absolute atomic E-state index is 12.8. The van der Waals surface area contributed by atoms with Crippen LogP contribution >= 0.6 is 11.8 Å². The second-order valence-corrected chi connectivity index (χ2v) is 8.59. The molecule has 1 saturated heterocycles. The third-order valence-corrected chi connectivity index (χ3v) is 6.33. The average molecular weight is 399 g/mol. The van der Waals surface area contributed by atoms with Crippen LogP contribution in [-0.2, 0) is 10.5 Å². The zero-order valence-electron chi connectivity index (χ0n) is 16.0. The molecule has 2 amide bonds. The molecule has 1 aliphatic heterocycles. The molecule has 0 bridgehead atoms. The van der Waals surface area contributed by atoms with E-state index in [1.54, 1.807) is 17.8 Å². The first kappa shape index (κ1) is 19.1. The summed E-state index contributed by atoms with van der Waals surface area (Å²) in [6.07, 6.45) is 3.87. The largest absolute Gasteiger partial charge is 0.455 e. The molecule has 1 saturated carbocycles. The van der Waals surface area contributed by atoms with Gasteiger partial charge in [-0.15, -0.1) is 11.8 Å². The van der Waals surface area contributed by atoms with E-state index >= 15 is 0 Å². The maximum atomic E-state index is 12.8. The number of carbonyl (C=O) groups excluding carboxylic acids is 2. The second kappa shape index (κ2) is 8.86. The summed E-state index contributed by atoms with van der Waals surface area (Å²) in [6.45, 7) is 2.60. The summed E-state index contributed by atoms with van der Waals surface area (Å²) in [5.74, 6) is 2.65. The molecule has 0 atom stereocenters. The minimum Gasteiger partial charge on any atom is -0.455 e. The van der Waals surface area contributed by atoms with Crippen molar-refractivity contribution >= 4 is 23.6 Å². The first-order valence-electron chi connectivity index (χ1n) is 10.0. The summed E-state index contributed by atoms with van der Waals surface area (Å²) in [5, 5.41) is 0. The van der Waals surface area contributed by atoms with Crippen LogP contribution in [0.3, 0.4) is 0 Å². The summed E-state index contributed by atoms with van der Waals surface area (Å²) >= 11 is 1.69. The first-order chi connectivity index (χ1) is 13.7. The van der Waals surface area contributed by atoms with Gasteiger partial charge in [-0.25, -0.2) is 0 Å². The highest BCUT2D eigenvalue weighted by Crippen LogP contribution is 2.33. The van der Waals surface area contributed by atoms with Crippen molar-refractivity contribution in [3.63, 3.8) is 0 Å². The Morgan fingerprint density at radius 2 is 1.71 bits per heavy atom. The molecule has 2 heterocycles. The molecule has 28 heavy (non-hydrogen) atoms. The van der Waals surface area contributed by atoms with Gasteiger partial charge in [0, 0.05) is 37.5 Å². The van der Waals surface area contributed by atoms with Crippen molar-refractivity contribution in [2.24, 2.45) is 5.92 Å². The van der Waals surface area contributed by atoms with Crippen LogP contribution in [0.15, 0.2) is 51.8 Å². The van der Waals surface area contributed by atoms with Gasteiger partial charge < -0.3 is 14.2 Å². The lowest BCUT2D eigenvalue weighted by atomic mass is 10.2. The van der Waals surface area contributed by atoms with Crippen molar-refractivity contribution in [2.45, 2.75) is 36.3 Å². The quantitative estimate of drug-likeness (QED) is 0.689. The Labute approximate surface area is 170 Å². The van der Waals surface area contributed by atoms with E-state index in [1.807, 2.05) is 34.1 Å². The molecular formula is C22H26N2O3S. The van der Waals surface area contributed by atoms with Crippen molar-refractivity contribution in [1.29, 1.82) is 0 Å². The van der Waals surface area contributed by atoms with Crippen LogP contribution in [0, 0.1) is 5.92 Å². The molecule has 1 aliphatic carbocycles. The number of carbonyl (C=O) groups is 2. The Balaban J connectivity index is 1.30. The number of nitrogens with zero attached hydrogens (tertiary/aromatic N) is 2. The molecule has 1 aromatic carbocycles. The molecule has 0 N–H and O–H groups in total. The van der Waals surface area contributed by atoms with Crippen LogP contribution in [0.4, 0.5) is 0 Å². The van der Waals surface area contributed by atoms with E-state index in [1.165, 1.54) is 17.7 Å². The Morgan fingerprint density at radius 1 is 0.964 bits per heavy atom. The summed E-state index contributed by atoms with van der Waals surface area (Å²) in [5.41, 5.74) is 0. The monoisotopic (exact) mass is 398 g/mol. The van der Waals surface area contributed by atoms with E-state index < -0.39 is 0 Å². The lowest BCUT2D eigenvalue weighted by Crippen LogP contribution is -2.37. The van der Waals surface area contributed by atoms with Crippen LogP contribution in [-0.4, -0.2) is 47.8 Å². The fourth-order valence-electron chi connectivity index (χ4n) is 3.47. The maximum Gasteiger partial charge on any atom is 0.289 e. The van der Waals surface area contributed by atoms with Crippen molar-refractivity contribution in [2.75, 3.05) is 26.2 Å². The molecule has 2 fully saturated rings. The van der Waals surface area contributed by atoms with Crippen molar-refractivity contribution < 1.29 is 14.0 Å². The number of rotatable bonds is 6. The topological polar surface area (TPSA) is 53.8 Å². The van der Waals surface area contributed by atoms with Gasteiger partial charge in [0.15, 0.2) is 5.76 Å². The highest BCUT2D eigenvalue weighted by atomic mass is 32.2. The third-order valence-electron chi connectivity index (χ3n) is 5.29. The summed E-state index contributed by atoms with van der Waals surface area (Å²) < 4.78 is 5.80. The van der Waals surface area contributed by atoms with E-state index in [-0.39, 0.29) is 11.8 Å². The summed E-state index contributed by atoms with van der Waals surface area (Å²) in [4.78, 5) is 30.1. The Morgan fingerprint density at radius 3 is 2.50 bits per heavy atom. The molecule has 5 nitrogen and oxygen atoms in total. The van der Waals surface area contributed by atoms with Gasteiger partial charge in [-0.2, -0.15) is 0 Å². The number of furan rings is 1. The molecular weight excluding hydrogens is 372 g/mol. The normalized spacial score (nSPS) is 17.4. The highest BCUT2D eigenvalue weighted by molar-refractivity contribution is 7.98. The number of hydrogen-bond acceptors (Lipinski definition) is 4. The van der Waals surface area contributed by atoms with Crippen molar-refractivity contribution in [3.05, 3.63) is 54.0 Å². The first-order valence-corrected chi connectivity index (χ1v) is 11.0. The third kappa shape index (κ3) is 4.98. The van der Waals surface area contributed by atoms with Gasteiger partial charge in [0.25, 0.3) is 5.91 Å². The fraction of sp³-hybridized carbons (Fsp3) is 0.455. The Kier molecular flexibility index (Phi) is 6.05. The van der Waals surface area contributed by atoms with Crippen LogP contribution in [0.25, 0.3) is 0 Å². The van der Waals surface area contributed by atoms with Gasteiger partial charge in [0.05, 0.1) is 5.75 Å². The smallest absolute Gasteiger partial charge is 0.289 e. The zero-order chi connectivity index (χ0) is 19.3. The molecule has 4 rings (SSSR count). The van der Waals surface area contributed by atoms with Gasteiger partial charge in [-0.3, -0.25) is 9.59 Å². The second-order valence-electron chi connectivity index (χ2n) is 7.54. The lowest BCUT2D eigenvalue weighted by molar-refractivity contribution is -0.131. The SMILES string of the molecule is O=C(CC1CC1)N1CCCN(C(=O)c2ccc(CSc3ccccc3)o2)CC1. The molecule has 0 unspecified atom stereocenters. The Bertz CT molecular complexity index is 816. The molecule has 0 radical (unpaired) electrons. The van der Waals surface area contributed by atoms with Crippen LogP contribution in [0.1, 0.15) is 42.0 Å². The number of thioether (sulfide) groups is 1.